The Labute approximate surface area is 341 Å². The van der Waals surface area contributed by atoms with Crippen molar-refractivity contribution in [2.45, 2.75) is 44.6 Å². The van der Waals surface area contributed by atoms with E-state index in [4.69, 9.17) is 40.7 Å². The van der Waals surface area contributed by atoms with Crippen LogP contribution in [0.5, 0.6) is 0 Å². The Bertz CT molecular complexity index is 1550. The Kier molecular flexibility index (Phi) is 19.8. The summed E-state index contributed by atoms with van der Waals surface area (Å²) >= 11 is 0. The van der Waals surface area contributed by atoms with Gasteiger partial charge >= 0.3 is 0 Å². The molecule has 6 rings (SSSR count). The fourth-order valence-electron chi connectivity index (χ4n) is 6.65. The van der Waals surface area contributed by atoms with E-state index in [9.17, 15) is 0 Å². The van der Waals surface area contributed by atoms with Crippen molar-refractivity contribution in [2.75, 3.05) is 88.5 Å². The smallest absolute Gasteiger partial charge is 0.104 e. The van der Waals surface area contributed by atoms with Gasteiger partial charge in [0.05, 0.1) is 70.6 Å². The number of hydrogen-bond acceptors (Lipinski definition) is 9. The molecule has 0 fully saturated rings. The Balaban J connectivity index is 1.00. The largest absolute Gasteiger partial charge is 0.469 e. The van der Waals surface area contributed by atoms with Gasteiger partial charge in [0.1, 0.15) is 40.7 Å². The summed E-state index contributed by atoms with van der Waals surface area (Å²) in [5, 5.41) is 0. The van der Waals surface area contributed by atoms with Gasteiger partial charge in [-0.15, -0.1) is 23.8 Å². The average Bonchev–Trinajstić information content (AvgIpc) is 4.09. The topological polar surface area (TPSA) is 107 Å². The van der Waals surface area contributed by atoms with Crippen molar-refractivity contribution < 1.29 is 40.7 Å². The van der Waals surface area contributed by atoms with Gasteiger partial charge in [0.25, 0.3) is 0 Å². The molecule has 0 saturated heterocycles. The molecule has 0 bridgehead atoms. The van der Waals surface area contributed by atoms with Gasteiger partial charge < -0.3 is 40.7 Å². The fourth-order valence-corrected chi connectivity index (χ4v) is 13.0. The molecule has 57 heavy (non-hydrogen) atoms. The molecule has 0 N–H and O–H groups in total. The van der Waals surface area contributed by atoms with E-state index in [1.165, 1.54) is 0 Å². The summed E-state index contributed by atoms with van der Waals surface area (Å²) in [6.45, 7) is 3.11. The van der Waals surface area contributed by atoms with Gasteiger partial charge in [0, 0.05) is 38.5 Å². The number of rotatable bonds is 32. The first kappa shape index (κ1) is 43.4. The second kappa shape index (κ2) is 26.1. The normalized spacial score (nSPS) is 12.0. The third-order valence-electron chi connectivity index (χ3n) is 10.00. The van der Waals surface area contributed by atoms with E-state index in [-0.39, 0.29) is 29.9 Å². The van der Waals surface area contributed by atoms with Crippen molar-refractivity contribution in [1.82, 2.24) is 0 Å². The summed E-state index contributed by atoms with van der Waals surface area (Å²) in [5.74, 6) is 6.28. The number of aryl methyl sites for hydroxylation is 6. The van der Waals surface area contributed by atoms with Crippen molar-refractivity contribution in [1.29, 1.82) is 0 Å². The molecule has 0 aromatic carbocycles. The Morgan fingerprint density at radius 2 is 0.614 bits per heavy atom. The van der Waals surface area contributed by atoms with Crippen LogP contribution in [0.3, 0.4) is 0 Å². The Morgan fingerprint density at radius 3 is 0.860 bits per heavy atom. The van der Waals surface area contributed by atoms with Crippen molar-refractivity contribution in [3.8, 4) is 0 Å². The molecule has 6 aromatic heterocycles. The van der Waals surface area contributed by atoms with Crippen LogP contribution in [0.25, 0.3) is 0 Å². The van der Waals surface area contributed by atoms with Gasteiger partial charge in [-0.05, 0) is 128 Å². The predicted molar refractivity (Wildman–Crippen MR) is 230 cm³/mol. The highest BCUT2D eigenvalue weighted by Crippen LogP contribution is 2.39. The van der Waals surface area contributed by atoms with Crippen LogP contribution in [0, 0.1) is 0 Å². The van der Waals surface area contributed by atoms with Crippen LogP contribution < -0.4 is 0 Å². The summed E-state index contributed by atoms with van der Waals surface area (Å²) in [6, 6.07) is 24.2. The van der Waals surface area contributed by atoms with Crippen LogP contribution in [0.4, 0.5) is 0 Å². The molecule has 0 saturated carbocycles. The molecular weight excluding hydrogens is 777 g/mol. The van der Waals surface area contributed by atoms with E-state index in [1.807, 2.05) is 36.4 Å². The van der Waals surface area contributed by atoms with E-state index in [0.29, 0.717) is 33.0 Å². The van der Waals surface area contributed by atoms with Crippen LogP contribution in [0.15, 0.2) is 137 Å². The highest BCUT2D eigenvalue weighted by atomic mass is 31.1. The lowest BCUT2D eigenvalue weighted by molar-refractivity contribution is -0.0511. The number of hydrogen-bond donors (Lipinski definition) is 0. The first-order valence-electron chi connectivity index (χ1n) is 20.3. The molecular formula is C45H59O9P3. The third-order valence-corrected chi connectivity index (χ3v) is 17.6. The van der Waals surface area contributed by atoms with Crippen molar-refractivity contribution in [3.63, 3.8) is 0 Å². The SMILES string of the molecule is c1coc(CCP(CCOCC(COCCP(CCc2ccco2)CCc2ccco2)OCCP(CCc2ccco2)CCc2ccco2)CCc2ccco2)c1. The molecule has 0 amide bonds. The minimum atomic E-state index is -0.282. The van der Waals surface area contributed by atoms with Gasteiger partial charge in [-0.25, -0.2) is 0 Å². The van der Waals surface area contributed by atoms with Crippen molar-refractivity contribution >= 4 is 23.8 Å². The minimum Gasteiger partial charge on any atom is -0.469 e. The maximum Gasteiger partial charge on any atom is 0.104 e. The lowest BCUT2D eigenvalue weighted by atomic mass is 10.4. The Morgan fingerprint density at radius 1 is 0.351 bits per heavy atom. The van der Waals surface area contributed by atoms with Crippen LogP contribution in [-0.4, -0.2) is 94.6 Å². The van der Waals surface area contributed by atoms with Gasteiger partial charge in [0.15, 0.2) is 0 Å². The van der Waals surface area contributed by atoms with Crippen LogP contribution in [0.1, 0.15) is 34.6 Å². The molecule has 0 aliphatic heterocycles. The molecule has 6 heterocycles. The number of ether oxygens (including phenoxy) is 3. The zero-order valence-corrected chi connectivity index (χ0v) is 35.8. The van der Waals surface area contributed by atoms with Crippen LogP contribution >= 0.6 is 23.8 Å². The van der Waals surface area contributed by atoms with E-state index in [1.54, 1.807) is 37.6 Å². The number of furan rings is 6. The molecule has 0 aliphatic carbocycles. The molecule has 0 radical (unpaired) electrons. The maximum atomic E-state index is 6.63. The zero-order valence-electron chi connectivity index (χ0n) is 33.1. The highest BCUT2D eigenvalue weighted by molar-refractivity contribution is 7.58. The van der Waals surface area contributed by atoms with Crippen molar-refractivity contribution in [2.24, 2.45) is 0 Å². The molecule has 6 aromatic rings. The fraction of sp³-hybridized carbons (Fsp3) is 0.467. The lowest BCUT2D eigenvalue weighted by Gasteiger charge is -2.23. The third kappa shape index (κ3) is 17.3. The first-order chi connectivity index (χ1) is 28.2. The van der Waals surface area contributed by atoms with Crippen LogP contribution in [0.2, 0.25) is 0 Å². The summed E-state index contributed by atoms with van der Waals surface area (Å²) in [4.78, 5) is 0. The molecule has 308 valence electrons. The molecule has 0 spiro atoms. The molecule has 0 atom stereocenters. The standard InChI is InChI=1S/C45H59O9P3/c1-7-39(48-19-1)13-28-55(29-14-40-8-2-20-49-40)34-25-46-37-45(54-27-36-57(32-17-43-11-5-23-52-43)33-18-44-12-6-24-53-44)38-47-26-35-56(30-15-41-9-3-21-50-41)31-16-42-10-4-22-51-42/h1-12,19-24,45H,13-18,25-38H2. The Hall–Kier alpha value is -3.15. The first-order valence-corrected chi connectivity index (χ1v) is 26.0. The van der Waals surface area contributed by atoms with E-state index >= 15 is 0 Å². The van der Waals surface area contributed by atoms with Gasteiger partial charge in [-0.3, -0.25) is 0 Å². The lowest BCUT2D eigenvalue weighted by Crippen LogP contribution is -2.28. The summed E-state index contributed by atoms with van der Waals surface area (Å²) < 4.78 is 53.4. The molecule has 0 unspecified atom stereocenters. The highest BCUT2D eigenvalue weighted by Gasteiger charge is 2.17. The van der Waals surface area contributed by atoms with Gasteiger partial charge in [-0.1, -0.05) is 0 Å². The monoisotopic (exact) mass is 836 g/mol. The average molecular weight is 837 g/mol. The second-order valence-electron chi connectivity index (χ2n) is 14.1. The molecule has 0 aliphatic rings. The molecule has 12 heteroatoms. The quantitative estimate of drug-likeness (QED) is 0.0303. The minimum absolute atomic E-state index is 0.132. The van der Waals surface area contributed by atoms with Crippen LogP contribution in [-0.2, 0) is 52.7 Å². The second-order valence-corrected chi connectivity index (χ2v) is 22.2. The molecule has 9 nitrogen and oxygen atoms in total. The zero-order chi connectivity index (χ0) is 39.0. The van der Waals surface area contributed by atoms with Gasteiger partial charge in [-0.2, -0.15) is 0 Å². The predicted octanol–water partition coefficient (Wildman–Crippen LogP) is 10.9. The summed E-state index contributed by atoms with van der Waals surface area (Å²) in [7, 11) is -0.798. The van der Waals surface area contributed by atoms with Gasteiger partial charge in [0.2, 0.25) is 0 Å². The summed E-state index contributed by atoms with van der Waals surface area (Å²) in [6.07, 6.45) is 25.8. The maximum absolute atomic E-state index is 6.63. The van der Waals surface area contributed by atoms with E-state index in [0.717, 1.165) is 129 Å². The van der Waals surface area contributed by atoms with E-state index < -0.39 is 0 Å². The van der Waals surface area contributed by atoms with Crippen molar-refractivity contribution in [3.05, 3.63) is 145 Å². The summed E-state index contributed by atoms with van der Waals surface area (Å²) in [5.41, 5.74) is 0. The van der Waals surface area contributed by atoms with E-state index in [2.05, 4.69) is 36.4 Å².